The Morgan fingerprint density at radius 3 is 2.39 bits per heavy atom. The van der Waals surface area contributed by atoms with E-state index >= 15 is 0 Å². The summed E-state index contributed by atoms with van der Waals surface area (Å²) in [6.07, 6.45) is 1.69. The molecule has 4 aromatic rings. The summed E-state index contributed by atoms with van der Waals surface area (Å²) in [6.45, 7) is 4.66. The lowest BCUT2D eigenvalue weighted by Gasteiger charge is -2.14. The number of hydrogen-bond donors (Lipinski definition) is 2. The Balaban J connectivity index is 1.52. The maximum absolute atomic E-state index is 8.94. The van der Waals surface area contributed by atoms with E-state index in [2.05, 4.69) is 36.8 Å². The average molecular weight is 441 g/mol. The van der Waals surface area contributed by atoms with Crippen molar-refractivity contribution in [1.82, 2.24) is 25.0 Å². The first-order valence-corrected chi connectivity index (χ1v) is 10.4. The first-order valence-electron chi connectivity index (χ1n) is 10.4. The van der Waals surface area contributed by atoms with Gasteiger partial charge in [-0.3, -0.25) is 0 Å². The quantitative estimate of drug-likeness (QED) is 0.426. The molecule has 2 heterocycles. The van der Waals surface area contributed by atoms with E-state index in [1.165, 1.54) is 0 Å². The SMILES string of the molecule is Cc1cc(-c2nc(CN(C)C)no2)cc(C)c1Nc1ccnc(Nc2ccc(C#N)cc2)n1. The molecule has 0 bridgehead atoms. The van der Waals surface area contributed by atoms with Crippen molar-refractivity contribution < 1.29 is 4.52 Å². The minimum absolute atomic E-state index is 0.455. The molecule has 9 heteroatoms. The molecule has 2 aromatic heterocycles. The van der Waals surface area contributed by atoms with E-state index in [0.717, 1.165) is 28.1 Å². The van der Waals surface area contributed by atoms with E-state index in [-0.39, 0.29) is 0 Å². The Bertz CT molecular complexity index is 1280. The standard InChI is InChI=1S/C24H24N8O/c1-15-11-18(23-29-21(31-33-23)14-32(3)4)12-16(2)22(15)28-20-9-10-26-24(30-20)27-19-7-5-17(13-25)6-8-19/h5-12H,14H2,1-4H3,(H2,26,27,28,30). The van der Waals surface area contributed by atoms with Gasteiger partial charge >= 0.3 is 0 Å². The molecular weight excluding hydrogens is 416 g/mol. The van der Waals surface area contributed by atoms with E-state index in [1.54, 1.807) is 18.3 Å². The van der Waals surface area contributed by atoms with Gasteiger partial charge in [0.2, 0.25) is 5.95 Å². The van der Waals surface area contributed by atoms with Crippen molar-refractivity contribution >= 4 is 23.1 Å². The smallest absolute Gasteiger partial charge is 0.257 e. The maximum atomic E-state index is 8.94. The number of rotatable bonds is 7. The van der Waals surface area contributed by atoms with Gasteiger partial charge in [0.1, 0.15) is 5.82 Å². The fourth-order valence-corrected chi connectivity index (χ4v) is 3.38. The van der Waals surface area contributed by atoms with Gasteiger partial charge < -0.3 is 20.1 Å². The largest absolute Gasteiger partial charge is 0.340 e. The van der Waals surface area contributed by atoms with E-state index in [1.807, 2.05) is 63.2 Å². The molecule has 0 unspecified atom stereocenters. The zero-order chi connectivity index (χ0) is 23.4. The average Bonchev–Trinajstić information content (AvgIpc) is 3.25. The van der Waals surface area contributed by atoms with Crippen LogP contribution in [0, 0.1) is 25.2 Å². The van der Waals surface area contributed by atoms with Crippen LogP contribution in [-0.4, -0.2) is 39.1 Å². The number of benzene rings is 2. The molecule has 0 atom stereocenters. The zero-order valence-corrected chi connectivity index (χ0v) is 18.9. The first-order chi connectivity index (χ1) is 15.9. The van der Waals surface area contributed by atoms with Gasteiger partial charge in [0.05, 0.1) is 18.2 Å². The second-order valence-electron chi connectivity index (χ2n) is 7.94. The minimum atomic E-state index is 0.455. The highest BCUT2D eigenvalue weighted by atomic mass is 16.5. The molecule has 4 rings (SSSR count). The third kappa shape index (κ3) is 5.31. The molecule has 2 N–H and O–H groups in total. The fourth-order valence-electron chi connectivity index (χ4n) is 3.38. The van der Waals surface area contributed by atoms with Crippen LogP contribution in [0.25, 0.3) is 11.5 Å². The summed E-state index contributed by atoms with van der Waals surface area (Å²) in [5, 5.41) is 19.5. The number of nitrogens with one attached hydrogen (secondary N) is 2. The van der Waals surface area contributed by atoms with E-state index < -0.39 is 0 Å². The summed E-state index contributed by atoms with van der Waals surface area (Å²) in [4.78, 5) is 15.3. The van der Waals surface area contributed by atoms with Gasteiger partial charge in [-0.25, -0.2) is 4.98 Å². The van der Waals surface area contributed by atoms with Crippen molar-refractivity contribution in [1.29, 1.82) is 5.26 Å². The number of hydrogen-bond acceptors (Lipinski definition) is 9. The van der Waals surface area contributed by atoms with Crippen LogP contribution < -0.4 is 10.6 Å². The highest BCUT2D eigenvalue weighted by Gasteiger charge is 2.14. The number of nitrogens with zero attached hydrogens (tertiary/aromatic N) is 6. The molecule has 0 spiro atoms. The predicted octanol–water partition coefficient (Wildman–Crippen LogP) is 4.56. The van der Waals surface area contributed by atoms with Gasteiger partial charge in [0.15, 0.2) is 5.82 Å². The lowest BCUT2D eigenvalue weighted by atomic mass is 10.0. The molecule has 2 aromatic carbocycles. The van der Waals surface area contributed by atoms with E-state index in [9.17, 15) is 0 Å². The van der Waals surface area contributed by atoms with Crippen LogP contribution in [0.4, 0.5) is 23.1 Å². The second-order valence-corrected chi connectivity index (χ2v) is 7.94. The number of nitriles is 1. The van der Waals surface area contributed by atoms with Crippen LogP contribution in [-0.2, 0) is 6.54 Å². The molecule has 166 valence electrons. The third-order valence-electron chi connectivity index (χ3n) is 4.88. The molecule has 0 saturated heterocycles. The second kappa shape index (κ2) is 9.46. The van der Waals surface area contributed by atoms with Crippen LogP contribution in [0.15, 0.2) is 53.2 Å². The molecule has 33 heavy (non-hydrogen) atoms. The molecule has 0 amide bonds. The molecular formula is C24H24N8O. The topological polar surface area (TPSA) is 116 Å². The van der Waals surface area contributed by atoms with Crippen molar-refractivity contribution in [2.75, 3.05) is 24.7 Å². The molecule has 0 saturated carbocycles. The Morgan fingerprint density at radius 1 is 1.00 bits per heavy atom. The molecule has 0 radical (unpaired) electrons. The Kier molecular flexibility index (Phi) is 6.29. The van der Waals surface area contributed by atoms with Crippen LogP contribution in [0.3, 0.4) is 0 Å². The summed E-state index contributed by atoms with van der Waals surface area (Å²) >= 11 is 0. The van der Waals surface area contributed by atoms with Crippen LogP contribution in [0.2, 0.25) is 0 Å². The van der Waals surface area contributed by atoms with Crippen LogP contribution in [0.1, 0.15) is 22.5 Å². The maximum Gasteiger partial charge on any atom is 0.257 e. The highest BCUT2D eigenvalue weighted by molar-refractivity contribution is 5.71. The Hall–Kier alpha value is -4.29. The van der Waals surface area contributed by atoms with Crippen molar-refractivity contribution in [2.24, 2.45) is 0 Å². The third-order valence-corrected chi connectivity index (χ3v) is 4.88. The number of anilines is 4. The summed E-state index contributed by atoms with van der Waals surface area (Å²) in [5.41, 5.74) is 5.28. The predicted molar refractivity (Wildman–Crippen MR) is 126 cm³/mol. The molecule has 0 aliphatic heterocycles. The van der Waals surface area contributed by atoms with Gasteiger partial charge in [0.25, 0.3) is 5.89 Å². The van der Waals surface area contributed by atoms with Crippen molar-refractivity contribution in [3.05, 3.63) is 71.2 Å². The van der Waals surface area contributed by atoms with E-state index in [4.69, 9.17) is 9.78 Å². The summed E-state index contributed by atoms with van der Waals surface area (Å²) in [7, 11) is 3.92. The summed E-state index contributed by atoms with van der Waals surface area (Å²) in [6, 6.07) is 15.1. The number of aryl methyl sites for hydroxylation is 2. The minimum Gasteiger partial charge on any atom is -0.340 e. The van der Waals surface area contributed by atoms with Crippen LogP contribution >= 0.6 is 0 Å². The van der Waals surface area contributed by atoms with Gasteiger partial charge in [-0.15, -0.1) is 0 Å². The molecule has 0 aliphatic rings. The van der Waals surface area contributed by atoms with Crippen LogP contribution in [0.5, 0.6) is 0 Å². The highest BCUT2D eigenvalue weighted by Crippen LogP contribution is 2.30. The van der Waals surface area contributed by atoms with Gasteiger partial charge in [-0.2, -0.15) is 15.2 Å². The van der Waals surface area contributed by atoms with E-state index in [0.29, 0.717) is 35.6 Å². The first kappa shape index (κ1) is 21.9. The summed E-state index contributed by atoms with van der Waals surface area (Å²) < 4.78 is 5.45. The molecule has 0 fully saturated rings. The fraction of sp³-hybridized carbons (Fsp3) is 0.208. The zero-order valence-electron chi connectivity index (χ0n) is 18.9. The number of aromatic nitrogens is 4. The van der Waals surface area contributed by atoms with Gasteiger partial charge in [-0.1, -0.05) is 5.16 Å². The monoisotopic (exact) mass is 440 g/mol. The van der Waals surface area contributed by atoms with Crippen molar-refractivity contribution in [2.45, 2.75) is 20.4 Å². The normalized spacial score (nSPS) is 10.8. The lowest BCUT2D eigenvalue weighted by molar-refractivity contribution is 0.365. The van der Waals surface area contributed by atoms with Gasteiger partial charge in [-0.05, 0) is 81.5 Å². The van der Waals surface area contributed by atoms with Crippen molar-refractivity contribution in [3.8, 4) is 17.5 Å². The lowest BCUT2D eigenvalue weighted by Crippen LogP contribution is -2.11. The van der Waals surface area contributed by atoms with Crippen molar-refractivity contribution in [3.63, 3.8) is 0 Å². The van der Waals surface area contributed by atoms with Gasteiger partial charge in [0, 0.05) is 23.1 Å². The Morgan fingerprint density at radius 2 is 1.73 bits per heavy atom. The molecule has 9 nitrogen and oxygen atoms in total. The molecule has 0 aliphatic carbocycles. The summed E-state index contributed by atoms with van der Waals surface area (Å²) in [5.74, 6) is 2.26. The Labute approximate surface area is 192 Å².